The molecule has 57 heavy (non-hydrogen) atoms. The van der Waals surface area contributed by atoms with Crippen LogP contribution in [0.2, 0.25) is 0 Å². The fourth-order valence-electron chi connectivity index (χ4n) is 9.01. The van der Waals surface area contributed by atoms with E-state index in [0.717, 1.165) is 41.6 Å². The Hall–Kier alpha value is -4.00. The van der Waals surface area contributed by atoms with E-state index in [1.165, 1.54) is 5.56 Å². The molecule has 8 atom stereocenters. The van der Waals surface area contributed by atoms with Crippen molar-refractivity contribution in [3.05, 3.63) is 83.4 Å². The Morgan fingerprint density at radius 2 is 1.72 bits per heavy atom. The molecule has 0 unspecified atom stereocenters. The first-order chi connectivity index (χ1) is 27.0. The first kappa shape index (κ1) is 44.1. The van der Waals surface area contributed by atoms with Crippen LogP contribution in [0.15, 0.2) is 66.7 Å². The van der Waals surface area contributed by atoms with Gasteiger partial charge in [0, 0.05) is 62.5 Å². The summed E-state index contributed by atoms with van der Waals surface area (Å²) >= 11 is 0. The minimum atomic E-state index is -0.904. The maximum atomic E-state index is 14.3. The Morgan fingerprint density at radius 3 is 2.33 bits per heavy atom. The van der Waals surface area contributed by atoms with E-state index in [-0.39, 0.29) is 48.4 Å². The average molecular weight is 786 g/mol. The van der Waals surface area contributed by atoms with Gasteiger partial charge in [0.15, 0.2) is 0 Å². The molecule has 3 aromatic carbocycles. The molecule has 5 rings (SSSR count). The lowest BCUT2D eigenvalue weighted by Crippen LogP contribution is -2.55. The number of aliphatic hydroxyl groups is 2. The molecule has 1 saturated carbocycles. The SMILES string of the molecule is COc1c(CN2O[C@@H](CO)[C@H]([C@H](C)O)[C@H]2C(=O)N[C@H]2CCC(C)(C)[C@@H](C)[C@@H]2C)cccc1-c1ccc(C(=O)N(C)[C@@H](Cc2ccccc2)CN(C)C)c(N(C)C)c1. The Labute approximate surface area is 340 Å². The average Bonchev–Trinajstić information content (AvgIpc) is 3.56. The van der Waals surface area contributed by atoms with Crippen LogP contribution < -0.4 is 15.0 Å². The lowest BCUT2D eigenvalue weighted by Gasteiger charge is -2.46. The summed E-state index contributed by atoms with van der Waals surface area (Å²) in [6, 6.07) is 21.1. The van der Waals surface area contributed by atoms with Gasteiger partial charge in [0.05, 0.1) is 31.9 Å². The van der Waals surface area contributed by atoms with Crippen molar-refractivity contribution in [3.8, 4) is 16.9 Å². The number of amides is 2. The highest BCUT2D eigenvalue weighted by Crippen LogP contribution is 2.44. The number of nitrogens with zero attached hydrogens (tertiary/aromatic N) is 4. The smallest absolute Gasteiger partial charge is 0.256 e. The van der Waals surface area contributed by atoms with E-state index in [1.54, 1.807) is 19.1 Å². The van der Waals surface area contributed by atoms with Gasteiger partial charge in [-0.05, 0) is 80.8 Å². The number of hydroxylamine groups is 2. The Morgan fingerprint density at radius 1 is 1.02 bits per heavy atom. The summed E-state index contributed by atoms with van der Waals surface area (Å²) in [5, 5.41) is 26.3. The molecule has 1 saturated heterocycles. The van der Waals surface area contributed by atoms with Crippen LogP contribution in [0.25, 0.3) is 11.1 Å². The van der Waals surface area contributed by atoms with Gasteiger partial charge in [0.2, 0.25) is 5.91 Å². The standard InChI is InChI=1S/C46H67N5O6/c1-29-30(2)46(4,5)23-22-38(29)47-44(54)42-41(31(3)53)40(28-52)57-51(42)26-34-18-15-19-36(43(34)56-11)33-20-21-37(39(25-33)49(8)9)45(55)50(10)35(27-48(6)7)24-32-16-13-12-14-17-32/h12-21,25,29-31,35,38,40-42,52-53H,22-24,26-28H2,1-11H3,(H,47,54)/t29-,30-,31-,35-,38-,40-,41-,42-/m0/s1. The summed E-state index contributed by atoms with van der Waals surface area (Å²) in [5.41, 5.74) is 5.19. The molecule has 11 heteroatoms. The fraction of sp³-hybridized carbons (Fsp3) is 0.565. The second kappa shape index (κ2) is 18.7. The van der Waals surface area contributed by atoms with Crippen molar-refractivity contribution in [2.75, 3.05) is 60.4 Å². The fourth-order valence-corrected chi connectivity index (χ4v) is 9.01. The summed E-state index contributed by atoms with van der Waals surface area (Å²) in [5.74, 6) is 0.370. The first-order valence-corrected chi connectivity index (χ1v) is 20.4. The summed E-state index contributed by atoms with van der Waals surface area (Å²) in [7, 11) is 11.4. The van der Waals surface area contributed by atoms with E-state index < -0.39 is 24.2 Å². The number of ether oxygens (including phenoxy) is 1. The lowest BCUT2D eigenvalue weighted by atomic mass is 9.63. The monoisotopic (exact) mass is 786 g/mol. The molecule has 1 aliphatic carbocycles. The molecule has 0 radical (unpaired) electrons. The van der Waals surface area contributed by atoms with Gasteiger partial charge in [-0.2, -0.15) is 5.06 Å². The van der Waals surface area contributed by atoms with E-state index in [1.807, 2.05) is 99.6 Å². The summed E-state index contributed by atoms with van der Waals surface area (Å²) < 4.78 is 6.10. The van der Waals surface area contributed by atoms with Gasteiger partial charge in [-0.25, -0.2) is 0 Å². The topological polar surface area (TPSA) is 118 Å². The quantitative estimate of drug-likeness (QED) is 0.178. The van der Waals surface area contributed by atoms with E-state index in [2.05, 4.69) is 50.0 Å². The Balaban J connectivity index is 1.44. The third kappa shape index (κ3) is 9.83. The minimum Gasteiger partial charge on any atom is -0.496 e. The van der Waals surface area contributed by atoms with Gasteiger partial charge in [0.25, 0.3) is 5.91 Å². The number of para-hydroxylation sites is 1. The number of carbonyl (C=O) groups is 2. The van der Waals surface area contributed by atoms with E-state index in [0.29, 0.717) is 23.8 Å². The molecule has 0 aromatic heterocycles. The van der Waals surface area contributed by atoms with Crippen molar-refractivity contribution in [1.29, 1.82) is 0 Å². The van der Waals surface area contributed by atoms with Crippen LogP contribution in [-0.2, 0) is 22.6 Å². The summed E-state index contributed by atoms with van der Waals surface area (Å²) in [6.07, 6.45) is 0.949. The number of nitrogens with one attached hydrogen (secondary N) is 1. The predicted molar refractivity (Wildman–Crippen MR) is 227 cm³/mol. The molecule has 1 heterocycles. The molecule has 2 aliphatic rings. The summed E-state index contributed by atoms with van der Waals surface area (Å²) in [6.45, 7) is 11.2. The minimum absolute atomic E-state index is 0.00803. The number of methoxy groups -OCH3 is 1. The molecule has 11 nitrogen and oxygen atoms in total. The number of benzene rings is 3. The normalized spacial score (nSPS) is 24.5. The zero-order chi connectivity index (χ0) is 41.8. The lowest BCUT2D eigenvalue weighted by molar-refractivity contribution is -0.182. The second-order valence-electron chi connectivity index (χ2n) is 17.6. The second-order valence-corrected chi connectivity index (χ2v) is 17.6. The predicted octanol–water partition coefficient (Wildman–Crippen LogP) is 5.72. The van der Waals surface area contributed by atoms with Crippen LogP contribution in [0.1, 0.15) is 68.9 Å². The van der Waals surface area contributed by atoms with Gasteiger partial charge in [-0.3, -0.25) is 14.4 Å². The molecule has 3 aromatic rings. The maximum absolute atomic E-state index is 14.3. The molecular weight excluding hydrogens is 719 g/mol. The number of rotatable bonds is 15. The number of likely N-dealkylation sites (N-methyl/N-ethyl adjacent to an activating group) is 2. The number of carbonyl (C=O) groups excluding carboxylic acids is 2. The maximum Gasteiger partial charge on any atom is 0.256 e. The zero-order valence-corrected chi connectivity index (χ0v) is 36.0. The van der Waals surface area contributed by atoms with E-state index in [4.69, 9.17) is 9.57 Å². The van der Waals surface area contributed by atoms with Crippen molar-refractivity contribution in [2.45, 2.75) is 90.8 Å². The number of hydrogen-bond donors (Lipinski definition) is 3. The molecule has 1 aliphatic heterocycles. The Kier molecular flexibility index (Phi) is 14.5. The molecular formula is C46H67N5O6. The van der Waals surface area contributed by atoms with Crippen molar-refractivity contribution in [1.82, 2.24) is 20.2 Å². The third-order valence-electron chi connectivity index (χ3n) is 12.9. The van der Waals surface area contributed by atoms with Gasteiger partial charge in [-0.15, -0.1) is 0 Å². The van der Waals surface area contributed by atoms with Crippen molar-refractivity contribution in [2.24, 2.45) is 23.2 Å². The van der Waals surface area contributed by atoms with Crippen molar-refractivity contribution in [3.63, 3.8) is 0 Å². The molecule has 2 amide bonds. The molecule has 312 valence electrons. The molecule has 0 bridgehead atoms. The molecule has 0 spiro atoms. The van der Waals surface area contributed by atoms with Crippen LogP contribution in [0, 0.1) is 23.2 Å². The molecule has 3 N–H and O–H groups in total. The summed E-state index contributed by atoms with van der Waals surface area (Å²) in [4.78, 5) is 40.8. The number of aliphatic hydroxyl groups excluding tert-OH is 2. The van der Waals surface area contributed by atoms with Crippen LogP contribution in [0.4, 0.5) is 5.69 Å². The van der Waals surface area contributed by atoms with E-state index in [9.17, 15) is 19.8 Å². The third-order valence-corrected chi connectivity index (χ3v) is 12.9. The first-order valence-electron chi connectivity index (χ1n) is 20.4. The highest BCUT2D eigenvalue weighted by Gasteiger charge is 2.50. The van der Waals surface area contributed by atoms with Gasteiger partial charge in [-0.1, -0.05) is 82.3 Å². The Bertz CT molecular complexity index is 1820. The number of hydrogen-bond acceptors (Lipinski definition) is 9. The highest BCUT2D eigenvalue weighted by atomic mass is 16.7. The van der Waals surface area contributed by atoms with Crippen LogP contribution in [-0.4, -0.2) is 123 Å². The largest absolute Gasteiger partial charge is 0.496 e. The van der Waals surface area contributed by atoms with Crippen molar-refractivity contribution >= 4 is 17.5 Å². The molecule has 2 fully saturated rings. The van der Waals surface area contributed by atoms with E-state index >= 15 is 0 Å². The van der Waals surface area contributed by atoms with Crippen LogP contribution in [0.3, 0.4) is 0 Å². The van der Waals surface area contributed by atoms with Crippen molar-refractivity contribution < 1.29 is 29.4 Å². The van der Waals surface area contributed by atoms with Crippen LogP contribution in [0.5, 0.6) is 5.75 Å². The van der Waals surface area contributed by atoms with Gasteiger partial charge < -0.3 is 35.0 Å². The van der Waals surface area contributed by atoms with Gasteiger partial charge in [0.1, 0.15) is 17.9 Å². The van der Waals surface area contributed by atoms with Gasteiger partial charge >= 0.3 is 0 Å². The zero-order valence-electron chi connectivity index (χ0n) is 36.0. The number of anilines is 1. The van der Waals surface area contributed by atoms with Crippen LogP contribution >= 0.6 is 0 Å². The highest BCUT2D eigenvalue weighted by molar-refractivity contribution is 6.01.